The molecule has 162 valence electrons. The first kappa shape index (κ1) is 21.2. The fraction of sp³-hybridized carbons (Fsp3) is 0.240. The number of benzene rings is 2. The second kappa shape index (κ2) is 8.01. The van der Waals surface area contributed by atoms with Crippen molar-refractivity contribution in [2.45, 2.75) is 24.8 Å². The van der Waals surface area contributed by atoms with Crippen LogP contribution < -0.4 is 5.73 Å². The molecule has 5 rings (SSSR count). The number of guanidine groups is 1. The molecule has 1 spiro atoms. The average Bonchev–Trinajstić information content (AvgIpc) is 2.99. The number of nitrogens with zero attached hydrogens (tertiary/aromatic N) is 3. The van der Waals surface area contributed by atoms with Crippen molar-refractivity contribution in [3.05, 3.63) is 87.1 Å². The van der Waals surface area contributed by atoms with E-state index in [1.54, 1.807) is 19.4 Å². The first-order chi connectivity index (χ1) is 15.4. The molecule has 7 heteroatoms. The van der Waals surface area contributed by atoms with Crippen LogP contribution in [-0.2, 0) is 23.2 Å². The van der Waals surface area contributed by atoms with Crippen LogP contribution in [0.15, 0.2) is 70.4 Å². The number of amides is 1. The fourth-order valence-electron chi connectivity index (χ4n) is 4.91. The number of hydrogen-bond donors (Lipinski definition) is 1. The van der Waals surface area contributed by atoms with Gasteiger partial charge in [0.2, 0.25) is 0 Å². The van der Waals surface area contributed by atoms with Crippen LogP contribution in [0.25, 0.3) is 11.1 Å². The summed E-state index contributed by atoms with van der Waals surface area (Å²) >= 11 is 9.66. The van der Waals surface area contributed by atoms with Gasteiger partial charge in [0.1, 0.15) is 0 Å². The molecule has 2 atom stereocenters. The molecule has 0 fully saturated rings. The van der Waals surface area contributed by atoms with Crippen molar-refractivity contribution in [2.75, 3.05) is 7.05 Å². The Kier molecular flexibility index (Phi) is 5.30. The van der Waals surface area contributed by atoms with E-state index < -0.39 is 5.54 Å². The van der Waals surface area contributed by atoms with Crippen LogP contribution in [0.2, 0.25) is 5.02 Å². The number of pyridine rings is 1. The second-order valence-corrected chi connectivity index (χ2v) is 9.92. The third kappa shape index (κ3) is 3.61. The van der Waals surface area contributed by atoms with Crippen LogP contribution in [0.5, 0.6) is 0 Å². The highest BCUT2D eigenvalue weighted by atomic mass is 79.9. The lowest BCUT2D eigenvalue weighted by Gasteiger charge is -2.37. The standard InChI is InChI=1S/C25H22BrClN4O/c1-31-23(32)25(30-24(31)28)12-16(8-15-2-6-20(26)7-3-15)9-18-5-4-17(11-22(18)25)19-10-21(27)14-29-13-19/h2-7,10-11,13-14,16H,8-9,12H2,1H3,(H2,28,30)/t16-,25-/m1/s1. The average molecular weight is 510 g/mol. The minimum absolute atomic E-state index is 0.0712. The van der Waals surface area contributed by atoms with E-state index in [0.717, 1.165) is 39.6 Å². The molecule has 1 aliphatic carbocycles. The highest BCUT2D eigenvalue weighted by Crippen LogP contribution is 2.46. The zero-order valence-corrected chi connectivity index (χ0v) is 19.9. The van der Waals surface area contributed by atoms with Gasteiger partial charge in [-0.25, -0.2) is 4.99 Å². The second-order valence-electron chi connectivity index (χ2n) is 8.56. The third-order valence-electron chi connectivity index (χ3n) is 6.43. The Bertz CT molecular complexity index is 1240. The summed E-state index contributed by atoms with van der Waals surface area (Å²) < 4.78 is 1.06. The monoisotopic (exact) mass is 508 g/mol. The van der Waals surface area contributed by atoms with E-state index in [-0.39, 0.29) is 17.8 Å². The largest absolute Gasteiger partial charge is 0.369 e. The van der Waals surface area contributed by atoms with Gasteiger partial charge in [0.25, 0.3) is 5.91 Å². The molecule has 0 bridgehead atoms. The molecule has 2 heterocycles. The van der Waals surface area contributed by atoms with E-state index in [1.165, 1.54) is 10.5 Å². The van der Waals surface area contributed by atoms with Crippen LogP contribution >= 0.6 is 27.5 Å². The SMILES string of the molecule is CN1C(=O)[C@]2(C[C@H](Cc3ccc(Br)cc3)Cc3ccc(-c4cncc(Cl)c4)cc32)N=C1N. The number of aliphatic imine (C=N–C) groups is 1. The summed E-state index contributed by atoms with van der Waals surface area (Å²) in [7, 11) is 1.69. The minimum Gasteiger partial charge on any atom is -0.369 e. The lowest BCUT2D eigenvalue weighted by atomic mass is 9.69. The molecular weight excluding hydrogens is 488 g/mol. The number of carbonyl (C=O) groups excluding carboxylic acids is 1. The summed E-state index contributed by atoms with van der Waals surface area (Å²) in [5, 5.41) is 0.573. The van der Waals surface area contributed by atoms with Gasteiger partial charge in [0.05, 0.1) is 5.02 Å². The van der Waals surface area contributed by atoms with E-state index in [9.17, 15) is 4.79 Å². The Labute approximate surface area is 200 Å². The molecule has 1 amide bonds. The molecule has 0 unspecified atom stereocenters. The summed E-state index contributed by atoms with van der Waals surface area (Å²) in [6.45, 7) is 0. The molecule has 0 saturated heterocycles. The van der Waals surface area contributed by atoms with Gasteiger partial charge in [0, 0.05) is 29.5 Å². The highest BCUT2D eigenvalue weighted by Gasteiger charge is 2.52. The maximum absolute atomic E-state index is 13.5. The number of halogens is 2. The van der Waals surface area contributed by atoms with E-state index in [0.29, 0.717) is 11.4 Å². The van der Waals surface area contributed by atoms with Crippen molar-refractivity contribution < 1.29 is 4.79 Å². The molecule has 2 N–H and O–H groups in total. The number of rotatable bonds is 3. The Morgan fingerprint density at radius 2 is 1.94 bits per heavy atom. The summed E-state index contributed by atoms with van der Waals surface area (Å²) in [6.07, 6.45) is 5.77. The van der Waals surface area contributed by atoms with Gasteiger partial charge in [0.15, 0.2) is 11.5 Å². The summed E-state index contributed by atoms with van der Waals surface area (Å²) in [5.41, 5.74) is 10.3. The summed E-state index contributed by atoms with van der Waals surface area (Å²) in [5.74, 6) is 0.465. The van der Waals surface area contributed by atoms with Crippen molar-refractivity contribution in [1.82, 2.24) is 9.88 Å². The van der Waals surface area contributed by atoms with Gasteiger partial charge in [-0.05, 0) is 71.7 Å². The van der Waals surface area contributed by atoms with Crippen LogP contribution in [0.3, 0.4) is 0 Å². The van der Waals surface area contributed by atoms with Crippen molar-refractivity contribution in [1.29, 1.82) is 0 Å². The van der Waals surface area contributed by atoms with Crippen LogP contribution in [0, 0.1) is 5.92 Å². The third-order valence-corrected chi connectivity index (χ3v) is 7.17. The van der Waals surface area contributed by atoms with E-state index in [2.05, 4.69) is 63.4 Å². The van der Waals surface area contributed by atoms with E-state index in [4.69, 9.17) is 22.3 Å². The molecule has 1 aliphatic heterocycles. The number of hydrogen-bond acceptors (Lipinski definition) is 4. The number of carbonyl (C=O) groups is 1. The number of fused-ring (bicyclic) bond motifs is 2. The smallest absolute Gasteiger partial charge is 0.261 e. The molecule has 3 aromatic rings. The maximum atomic E-state index is 13.5. The summed E-state index contributed by atoms with van der Waals surface area (Å²) in [4.78, 5) is 23.9. The van der Waals surface area contributed by atoms with Gasteiger partial charge < -0.3 is 5.73 Å². The Hall–Kier alpha value is -2.70. The molecule has 2 aliphatic rings. The van der Waals surface area contributed by atoms with Gasteiger partial charge in [-0.15, -0.1) is 0 Å². The van der Waals surface area contributed by atoms with E-state index in [1.807, 2.05) is 6.07 Å². The fourth-order valence-corrected chi connectivity index (χ4v) is 5.34. The molecular formula is C25H22BrClN4O. The predicted molar refractivity (Wildman–Crippen MR) is 130 cm³/mol. The number of nitrogens with two attached hydrogens (primary N) is 1. The van der Waals surface area contributed by atoms with Crippen molar-refractivity contribution in [2.24, 2.45) is 16.6 Å². The lowest BCUT2D eigenvalue weighted by molar-refractivity contribution is -0.131. The number of likely N-dealkylation sites (N-methyl/N-ethyl adjacent to an activating group) is 1. The summed E-state index contributed by atoms with van der Waals surface area (Å²) in [6, 6.07) is 16.5. The molecule has 5 nitrogen and oxygen atoms in total. The molecule has 32 heavy (non-hydrogen) atoms. The van der Waals surface area contributed by atoms with Crippen molar-refractivity contribution in [3.8, 4) is 11.1 Å². The first-order valence-corrected chi connectivity index (χ1v) is 11.6. The zero-order chi connectivity index (χ0) is 22.5. The van der Waals surface area contributed by atoms with Gasteiger partial charge in [-0.1, -0.05) is 51.8 Å². The van der Waals surface area contributed by atoms with Crippen LogP contribution in [0.1, 0.15) is 23.1 Å². The van der Waals surface area contributed by atoms with Crippen molar-refractivity contribution >= 4 is 39.4 Å². The molecule has 0 radical (unpaired) electrons. The molecule has 1 aromatic heterocycles. The van der Waals surface area contributed by atoms with Crippen LogP contribution in [0.4, 0.5) is 0 Å². The predicted octanol–water partition coefficient (Wildman–Crippen LogP) is 4.95. The minimum atomic E-state index is -0.992. The maximum Gasteiger partial charge on any atom is 0.261 e. The number of aromatic nitrogens is 1. The van der Waals surface area contributed by atoms with Gasteiger partial charge in [-0.2, -0.15) is 0 Å². The highest BCUT2D eigenvalue weighted by molar-refractivity contribution is 9.10. The van der Waals surface area contributed by atoms with E-state index >= 15 is 0 Å². The zero-order valence-electron chi connectivity index (χ0n) is 17.6. The Morgan fingerprint density at radius 3 is 2.62 bits per heavy atom. The molecule has 0 saturated carbocycles. The van der Waals surface area contributed by atoms with Crippen molar-refractivity contribution in [3.63, 3.8) is 0 Å². The van der Waals surface area contributed by atoms with Gasteiger partial charge in [-0.3, -0.25) is 14.7 Å². The Balaban J connectivity index is 1.59. The molecule has 2 aromatic carbocycles. The first-order valence-electron chi connectivity index (χ1n) is 10.5. The topological polar surface area (TPSA) is 71.6 Å². The lowest BCUT2D eigenvalue weighted by Crippen LogP contribution is -2.44. The van der Waals surface area contributed by atoms with Gasteiger partial charge >= 0.3 is 0 Å². The normalized spacial score (nSPS) is 22.2. The Morgan fingerprint density at radius 1 is 1.16 bits per heavy atom. The van der Waals surface area contributed by atoms with Crippen LogP contribution in [-0.4, -0.2) is 28.8 Å². The quantitative estimate of drug-likeness (QED) is 0.543.